The quantitative estimate of drug-likeness (QED) is 0.336. The SMILES string of the molecule is CCCCCCCCC(S)C[Si](OC)(OC)OC. The lowest BCUT2D eigenvalue weighted by Gasteiger charge is -2.26. The van der Waals surface area contributed by atoms with Crippen LogP contribution in [0.25, 0.3) is 0 Å². The average Bonchev–Trinajstić information content (AvgIpc) is 2.40. The molecular weight excluding hydrogens is 264 g/mol. The molecule has 1 unspecified atom stereocenters. The molecule has 0 bridgehead atoms. The van der Waals surface area contributed by atoms with E-state index in [9.17, 15) is 0 Å². The Labute approximate surface area is 119 Å². The van der Waals surface area contributed by atoms with Gasteiger partial charge in [0.05, 0.1) is 0 Å². The fourth-order valence-corrected chi connectivity index (χ4v) is 4.69. The first-order valence-corrected chi connectivity index (χ1v) is 9.42. The van der Waals surface area contributed by atoms with Crippen LogP contribution in [0.4, 0.5) is 0 Å². The van der Waals surface area contributed by atoms with Gasteiger partial charge in [0.1, 0.15) is 0 Å². The van der Waals surface area contributed by atoms with E-state index in [1.165, 1.54) is 38.5 Å². The predicted octanol–water partition coefficient (Wildman–Crippen LogP) is 3.91. The maximum atomic E-state index is 5.41. The Kier molecular flexibility index (Phi) is 11.6. The smallest absolute Gasteiger partial charge is 0.377 e. The Morgan fingerprint density at radius 1 is 0.889 bits per heavy atom. The van der Waals surface area contributed by atoms with Crippen molar-refractivity contribution in [1.82, 2.24) is 0 Å². The van der Waals surface area contributed by atoms with E-state index in [1.807, 2.05) is 0 Å². The average molecular weight is 295 g/mol. The molecule has 0 aromatic heterocycles. The zero-order valence-corrected chi connectivity index (χ0v) is 14.3. The predicted molar refractivity (Wildman–Crippen MR) is 82.4 cm³/mol. The van der Waals surface area contributed by atoms with E-state index in [0.717, 1.165) is 12.5 Å². The van der Waals surface area contributed by atoms with Gasteiger partial charge in [-0.1, -0.05) is 45.4 Å². The summed E-state index contributed by atoms with van der Waals surface area (Å²) in [5.41, 5.74) is 0. The van der Waals surface area contributed by atoms with Crippen molar-refractivity contribution in [2.45, 2.75) is 63.2 Å². The van der Waals surface area contributed by atoms with Gasteiger partial charge in [-0.15, -0.1) is 0 Å². The summed E-state index contributed by atoms with van der Waals surface area (Å²) in [5, 5.41) is 0.308. The van der Waals surface area contributed by atoms with Crippen LogP contribution in [0, 0.1) is 0 Å². The number of unbranched alkanes of at least 4 members (excludes halogenated alkanes) is 5. The van der Waals surface area contributed by atoms with Gasteiger partial charge in [0.2, 0.25) is 0 Å². The zero-order valence-electron chi connectivity index (χ0n) is 12.4. The minimum Gasteiger partial charge on any atom is -0.377 e. The number of hydrogen-bond acceptors (Lipinski definition) is 4. The Morgan fingerprint density at radius 2 is 1.39 bits per heavy atom. The van der Waals surface area contributed by atoms with Crippen molar-refractivity contribution in [2.75, 3.05) is 21.3 Å². The van der Waals surface area contributed by atoms with Crippen LogP contribution >= 0.6 is 12.6 Å². The second-order valence-corrected chi connectivity index (χ2v) is 8.44. The molecule has 0 aliphatic carbocycles. The lowest BCUT2D eigenvalue weighted by molar-refractivity contribution is 0.123. The van der Waals surface area contributed by atoms with Gasteiger partial charge in [-0.2, -0.15) is 12.6 Å². The summed E-state index contributed by atoms with van der Waals surface area (Å²) in [4.78, 5) is 0. The van der Waals surface area contributed by atoms with Crippen molar-refractivity contribution < 1.29 is 13.3 Å². The third-order valence-corrected chi connectivity index (χ3v) is 6.95. The lowest BCUT2D eigenvalue weighted by Crippen LogP contribution is -2.44. The van der Waals surface area contributed by atoms with Gasteiger partial charge < -0.3 is 13.3 Å². The largest absolute Gasteiger partial charge is 0.501 e. The van der Waals surface area contributed by atoms with Crippen molar-refractivity contribution in [3.8, 4) is 0 Å². The molecule has 0 aromatic carbocycles. The molecule has 0 spiro atoms. The van der Waals surface area contributed by atoms with Crippen LogP contribution < -0.4 is 0 Å². The van der Waals surface area contributed by atoms with Crippen molar-refractivity contribution in [3.63, 3.8) is 0 Å². The van der Waals surface area contributed by atoms with E-state index in [4.69, 9.17) is 13.3 Å². The van der Waals surface area contributed by atoms with Crippen LogP contribution in [0.2, 0.25) is 6.04 Å². The highest BCUT2D eigenvalue weighted by molar-refractivity contribution is 7.81. The summed E-state index contributed by atoms with van der Waals surface area (Å²) in [6.07, 6.45) is 9.02. The molecule has 3 nitrogen and oxygen atoms in total. The molecule has 0 fully saturated rings. The maximum Gasteiger partial charge on any atom is 0.501 e. The molecule has 0 aromatic rings. The summed E-state index contributed by atoms with van der Waals surface area (Å²) in [6, 6.07) is 0.786. The van der Waals surface area contributed by atoms with Gasteiger partial charge in [0.25, 0.3) is 0 Å². The van der Waals surface area contributed by atoms with E-state index in [1.54, 1.807) is 21.3 Å². The van der Waals surface area contributed by atoms with E-state index >= 15 is 0 Å². The standard InChI is InChI=1S/C13H30O3SSi/c1-5-6-7-8-9-10-11-13(17)12-18(14-2,15-3)16-4/h13,17H,5-12H2,1-4H3. The second-order valence-electron chi connectivity index (χ2n) is 4.71. The van der Waals surface area contributed by atoms with Crippen LogP contribution in [0.5, 0.6) is 0 Å². The Balaban J connectivity index is 3.72. The van der Waals surface area contributed by atoms with Crippen molar-refractivity contribution in [1.29, 1.82) is 0 Å². The summed E-state index contributed by atoms with van der Waals surface area (Å²) in [6.45, 7) is 2.24. The van der Waals surface area contributed by atoms with E-state index in [2.05, 4.69) is 19.6 Å². The first-order chi connectivity index (χ1) is 8.64. The van der Waals surface area contributed by atoms with Gasteiger partial charge in [0.15, 0.2) is 0 Å². The molecule has 18 heavy (non-hydrogen) atoms. The summed E-state index contributed by atoms with van der Waals surface area (Å²) in [7, 11) is 2.53. The molecule has 0 saturated heterocycles. The molecular formula is C13H30O3SSi. The molecule has 0 heterocycles. The minimum absolute atomic E-state index is 0.308. The summed E-state index contributed by atoms with van der Waals surface area (Å²) in [5.74, 6) is 0. The molecule has 0 rings (SSSR count). The molecule has 0 aliphatic heterocycles. The minimum atomic E-state index is -2.44. The van der Waals surface area contributed by atoms with Crippen LogP contribution in [0.3, 0.4) is 0 Å². The highest BCUT2D eigenvalue weighted by Crippen LogP contribution is 2.22. The van der Waals surface area contributed by atoms with Crippen LogP contribution in [0.15, 0.2) is 0 Å². The highest BCUT2D eigenvalue weighted by atomic mass is 32.1. The van der Waals surface area contributed by atoms with Crippen LogP contribution in [0.1, 0.15) is 51.9 Å². The normalized spacial score (nSPS) is 13.8. The molecule has 110 valence electrons. The van der Waals surface area contributed by atoms with Crippen LogP contribution in [-0.4, -0.2) is 35.4 Å². The van der Waals surface area contributed by atoms with Gasteiger partial charge in [-0.3, -0.25) is 0 Å². The third kappa shape index (κ3) is 7.79. The number of rotatable bonds is 12. The van der Waals surface area contributed by atoms with Crippen molar-refractivity contribution in [2.24, 2.45) is 0 Å². The Bertz CT molecular complexity index is 181. The van der Waals surface area contributed by atoms with Crippen molar-refractivity contribution >= 4 is 21.4 Å². The fraction of sp³-hybridized carbons (Fsp3) is 1.00. The topological polar surface area (TPSA) is 27.7 Å². The molecule has 0 amide bonds. The summed E-state index contributed by atoms with van der Waals surface area (Å²) < 4.78 is 16.2. The Hall–Kier alpha value is 0.447. The molecule has 0 aliphatic rings. The molecule has 0 N–H and O–H groups in total. The molecule has 0 radical (unpaired) electrons. The van der Waals surface area contributed by atoms with Gasteiger partial charge >= 0.3 is 8.80 Å². The van der Waals surface area contributed by atoms with E-state index in [-0.39, 0.29) is 0 Å². The number of thiol groups is 1. The van der Waals surface area contributed by atoms with Gasteiger partial charge in [-0.25, -0.2) is 0 Å². The fourth-order valence-electron chi connectivity index (χ4n) is 2.05. The van der Waals surface area contributed by atoms with E-state index in [0.29, 0.717) is 5.25 Å². The molecule has 5 heteroatoms. The van der Waals surface area contributed by atoms with Gasteiger partial charge in [-0.05, 0) is 6.42 Å². The zero-order chi connectivity index (χ0) is 13.9. The number of hydrogen-bond donors (Lipinski definition) is 1. The second kappa shape index (κ2) is 11.3. The lowest BCUT2D eigenvalue weighted by atomic mass is 10.1. The first-order valence-electron chi connectivity index (χ1n) is 6.97. The monoisotopic (exact) mass is 294 g/mol. The van der Waals surface area contributed by atoms with Crippen molar-refractivity contribution in [3.05, 3.63) is 0 Å². The van der Waals surface area contributed by atoms with E-state index < -0.39 is 8.80 Å². The molecule has 0 saturated carbocycles. The first kappa shape index (κ1) is 18.4. The molecule has 1 atom stereocenters. The Morgan fingerprint density at radius 3 is 1.89 bits per heavy atom. The summed E-state index contributed by atoms with van der Waals surface area (Å²) >= 11 is 4.62. The third-order valence-electron chi connectivity index (χ3n) is 3.31. The highest BCUT2D eigenvalue weighted by Gasteiger charge is 2.39. The van der Waals surface area contributed by atoms with Gasteiger partial charge in [0, 0.05) is 32.6 Å². The van der Waals surface area contributed by atoms with Crippen LogP contribution in [-0.2, 0) is 13.3 Å². The maximum absolute atomic E-state index is 5.41.